The number of carbonyl (C=O) groups excluding carboxylic acids is 2. The monoisotopic (exact) mass is 398 g/mol. The van der Waals surface area contributed by atoms with Crippen LogP contribution in [0.3, 0.4) is 0 Å². The molecule has 0 radical (unpaired) electrons. The number of halogens is 2. The Balaban J connectivity index is 1.63. The highest BCUT2D eigenvalue weighted by Gasteiger charge is 2.60. The van der Waals surface area contributed by atoms with E-state index in [0.717, 1.165) is 5.56 Å². The number of nitrogens with one attached hydrogen (secondary N) is 2. The molecular formula is C19H24Cl2N2O3. The van der Waals surface area contributed by atoms with Gasteiger partial charge in [-0.15, -0.1) is 0 Å². The Morgan fingerprint density at radius 3 is 2.50 bits per heavy atom. The number of ether oxygens (including phenoxy) is 1. The Labute approximate surface area is 164 Å². The Morgan fingerprint density at radius 2 is 1.88 bits per heavy atom. The fraction of sp³-hybridized carbons (Fsp3) is 0.474. The number of hydrogen-bond acceptors (Lipinski definition) is 3. The van der Waals surface area contributed by atoms with Gasteiger partial charge in [0.05, 0.1) is 12.5 Å². The number of rotatable bonds is 7. The molecule has 1 aliphatic rings. The summed E-state index contributed by atoms with van der Waals surface area (Å²) in [6, 6.07) is 7.44. The third-order valence-electron chi connectivity index (χ3n) is 4.65. The standard InChI is InChI=1S/C19H24Cl2N2O3/c1-12-5-7-13(8-6-12)23-18(25)26-10-4-9-22-17(24)16-14(11-15(20)21)19(16,2)3/h5-8,11,14,16H,4,9-10H2,1-3H3,(H,22,24)(H,23,25)/t14-,16-/m0/s1. The molecule has 1 aromatic rings. The van der Waals surface area contributed by atoms with Crippen LogP contribution in [0.25, 0.3) is 0 Å². The number of allylic oxidation sites excluding steroid dienone is 1. The Kier molecular flexibility index (Phi) is 6.95. The molecule has 0 aromatic heterocycles. The summed E-state index contributed by atoms with van der Waals surface area (Å²) in [5, 5.41) is 5.52. The van der Waals surface area contributed by atoms with Crippen molar-refractivity contribution in [2.75, 3.05) is 18.5 Å². The number of benzene rings is 1. The number of amides is 2. The smallest absolute Gasteiger partial charge is 0.411 e. The van der Waals surface area contributed by atoms with Crippen molar-refractivity contribution in [3.63, 3.8) is 0 Å². The van der Waals surface area contributed by atoms with Crippen LogP contribution in [0.1, 0.15) is 25.8 Å². The number of aryl methyl sites for hydroxylation is 1. The lowest BCUT2D eigenvalue weighted by Gasteiger charge is -2.08. The van der Waals surface area contributed by atoms with Gasteiger partial charge in [-0.1, -0.05) is 54.7 Å². The summed E-state index contributed by atoms with van der Waals surface area (Å²) >= 11 is 11.4. The van der Waals surface area contributed by atoms with E-state index in [1.807, 2.05) is 45.0 Å². The first-order valence-electron chi connectivity index (χ1n) is 8.53. The van der Waals surface area contributed by atoms with Crippen molar-refractivity contribution in [3.05, 3.63) is 40.4 Å². The summed E-state index contributed by atoms with van der Waals surface area (Å²) in [5.41, 5.74) is 1.65. The molecule has 0 bridgehead atoms. The normalized spacial score (nSPS) is 20.0. The van der Waals surface area contributed by atoms with Gasteiger partial charge in [-0.2, -0.15) is 0 Å². The van der Waals surface area contributed by atoms with Crippen molar-refractivity contribution >= 4 is 40.9 Å². The molecule has 1 fully saturated rings. The summed E-state index contributed by atoms with van der Waals surface area (Å²) in [6.45, 7) is 6.65. The van der Waals surface area contributed by atoms with Crippen molar-refractivity contribution in [2.24, 2.45) is 17.3 Å². The molecule has 7 heteroatoms. The quantitative estimate of drug-likeness (QED) is 0.657. The zero-order chi connectivity index (χ0) is 19.3. The molecule has 0 unspecified atom stereocenters. The Hall–Kier alpha value is -1.72. The highest BCUT2D eigenvalue weighted by Crippen LogP contribution is 2.59. The lowest BCUT2D eigenvalue weighted by atomic mass is 10.1. The summed E-state index contributed by atoms with van der Waals surface area (Å²) < 4.78 is 5.29. The summed E-state index contributed by atoms with van der Waals surface area (Å²) in [5.74, 6) is -0.125. The fourth-order valence-corrected chi connectivity index (χ4v) is 3.25. The van der Waals surface area contributed by atoms with Gasteiger partial charge in [-0.25, -0.2) is 4.79 Å². The molecule has 2 N–H and O–H groups in total. The largest absolute Gasteiger partial charge is 0.449 e. The van der Waals surface area contributed by atoms with Crippen LogP contribution in [0.4, 0.5) is 10.5 Å². The molecule has 2 amide bonds. The van der Waals surface area contributed by atoms with E-state index in [4.69, 9.17) is 27.9 Å². The van der Waals surface area contributed by atoms with Gasteiger partial charge >= 0.3 is 6.09 Å². The van der Waals surface area contributed by atoms with E-state index in [9.17, 15) is 9.59 Å². The maximum atomic E-state index is 12.2. The second kappa shape index (κ2) is 8.78. The zero-order valence-electron chi connectivity index (χ0n) is 15.1. The highest BCUT2D eigenvalue weighted by atomic mass is 35.5. The first kappa shape index (κ1) is 20.6. The van der Waals surface area contributed by atoms with E-state index in [1.54, 1.807) is 6.08 Å². The van der Waals surface area contributed by atoms with E-state index in [2.05, 4.69) is 10.6 Å². The van der Waals surface area contributed by atoms with Crippen molar-refractivity contribution in [3.8, 4) is 0 Å². The molecule has 0 spiro atoms. The van der Waals surface area contributed by atoms with Gasteiger partial charge in [0.2, 0.25) is 5.91 Å². The van der Waals surface area contributed by atoms with Crippen LogP contribution in [0.2, 0.25) is 0 Å². The van der Waals surface area contributed by atoms with Crippen LogP contribution in [0.5, 0.6) is 0 Å². The molecule has 5 nitrogen and oxygen atoms in total. The van der Waals surface area contributed by atoms with Gasteiger partial charge < -0.3 is 10.1 Å². The van der Waals surface area contributed by atoms with Gasteiger partial charge in [-0.3, -0.25) is 10.1 Å². The van der Waals surface area contributed by atoms with Crippen molar-refractivity contribution < 1.29 is 14.3 Å². The Morgan fingerprint density at radius 1 is 1.23 bits per heavy atom. The predicted octanol–water partition coefficient (Wildman–Crippen LogP) is 4.64. The van der Waals surface area contributed by atoms with Crippen LogP contribution < -0.4 is 10.6 Å². The van der Waals surface area contributed by atoms with E-state index in [1.165, 1.54) is 0 Å². The molecule has 142 valence electrons. The fourth-order valence-electron chi connectivity index (χ4n) is 2.97. The SMILES string of the molecule is Cc1ccc(NC(=O)OCCCNC(=O)[C@@H]2[C@H](C=C(Cl)Cl)C2(C)C)cc1. The van der Waals surface area contributed by atoms with Gasteiger partial charge in [0, 0.05) is 12.2 Å². The molecular weight excluding hydrogens is 375 g/mol. The number of carbonyl (C=O) groups is 2. The van der Waals surface area contributed by atoms with Gasteiger partial charge in [0.1, 0.15) is 4.49 Å². The second-order valence-corrected chi connectivity index (χ2v) is 8.06. The molecule has 1 saturated carbocycles. The van der Waals surface area contributed by atoms with Crippen molar-refractivity contribution in [2.45, 2.75) is 27.2 Å². The van der Waals surface area contributed by atoms with Crippen LogP contribution in [0, 0.1) is 24.2 Å². The van der Waals surface area contributed by atoms with Crippen LogP contribution in [0.15, 0.2) is 34.8 Å². The molecule has 1 aromatic carbocycles. The minimum Gasteiger partial charge on any atom is -0.449 e. The lowest BCUT2D eigenvalue weighted by Crippen LogP contribution is -2.28. The van der Waals surface area contributed by atoms with E-state index >= 15 is 0 Å². The van der Waals surface area contributed by atoms with Crippen LogP contribution in [-0.4, -0.2) is 25.2 Å². The molecule has 1 aliphatic carbocycles. The predicted molar refractivity (Wildman–Crippen MR) is 104 cm³/mol. The topological polar surface area (TPSA) is 67.4 Å². The average molecular weight is 399 g/mol. The van der Waals surface area contributed by atoms with Crippen molar-refractivity contribution in [1.29, 1.82) is 0 Å². The van der Waals surface area contributed by atoms with E-state index in [-0.39, 0.29) is 34.3 Å². The van der Waals surface area contributed by atoms with Gasteiger partial charge in [0.25, 0.3) is 0 Å². The van der Waals surface area contributed by atoms with Gasteiger partial charge in [-0.05, 0) is 42.9 Å². The lowest BCUT2D eigenvalue weighted by molar-refractivity contribution is -0.123. The molecule has 2 rings (SSSR count). The molecule has 0 saturated heterocycles. The maximum absolute atomic E-state index is 12.2. The van der Waals surface area contributed by atoms with Crippen molar-refractivity contribution in [1.82, 2.24) is 5.32 Å². The third-order valence-corrected chi connectivity index (χ3v) is 4.90. The van der Waals surface area contributed by atoms with E-state index in [0.29, 0.717) is 18.7 Å². The average Bonchev–Trinajstić information content (AvgIpc) is 3.08. The minimum absolute atomic E-state index is 0.0325. The maximum Gasteiger partial charge on any atom is 0.411 e. The Bertz CT molecular complexity index is 683. The molecule has 26 heavy (non-hydrogen) atoms. The summed E-state index contributed by atoms with van der Waals surface area (Å²) in [6.07, 6.45) is 1.74. The number of anilines is 1. The highest BCUT2D eigenvalue weighted by molar-refractivity contribution is 6.55. The summed E-state index contributed by atoms with van der Waals surface area (Å²) in [7, 11) is 0. The summed E-state index contributed by atoms with van der Waals surface area (Å²) in [4.78, 5) is 23.9. The molecule has 2 atom stereocenters. The van der Waals surface area contributed by atoms with E-state index < -0.39 is 6.09 Å². The minimum atomic E-state index is -0.509. The number of hydrogen-bond donors (Lipinski definition) is 2. The first-order chi connectivity index (χ1) is 12.2. The molecule has 0 heterocycles. The second-order valence-electron chi connectivity index (χ2n) is 7.05. The zero-order valence-corrected chi connectivity index (χ0v) is 16.7. The van der Waals surface area contributed by atoms with Crippen LogP contribution >= 0.6 is 23.2 Å². The van der Waals surface area contributed by atoms with Gasteiger partial charge in [0.15, 0.2) is 0 Å². The van der Waals surface area contributed by atoms with Crippen LogP contribution in [-0.2, 0) is 9.53 Å². The third kappa shape index (κ3) is 5.64. The molecule has 0 aliphatic heterocycles. The first-order valence-corrected chi connectivity index (χ1v) is 9.28.